The molecular weight excluding hydrogens is 218 g/mol. The van der Waals surface area contributed by atoms with E-state index in [-0.39, 0.29) is 11.9 Å². The van der Waals surface area contributed by atoms with E-state index in [0.29, 0.717) is 13.2 Å². The molecule has 0 saturated carbocycles. The molecule has 1 aliphatic rings. The van der Waals surface area contributed by atoms with Crippen LogP contribution in [0.2, 0.25) is 0 Å². The monoisotopic (exact) mass is 243 g/mol. The van der Waals surface area contributed by atoms with Gasteiger partial charge in [0.05, 0.1) is 13.2 Å². The summed E-state index contributed by atoms with van der Waals surface area (Å²) < 4.78 is 5.25. The lowest BCUT2D eigenvalue weighted by atomic mass is 10.2. The maximum absolute atomic E-state index is 11.7. The molecule has 1 fully saturated rings. The minimum absolute atomic E-state index is 0.0595. The van der Waals surface area contributed by atoms with Crippen LogP contribution in [0.15, 0.2) is 0 Å². The van der Waals surface area contributed by atoms with Gasteiger partial charge in [-0.1, -0.05) is 13.8 Å². The Bertz CT molecular complexity index is 214. The molecule has 1 atom stereocenters. The fourth-order valence-electron chi connectivity index (χ4n) is 1.91. The van der Waals surface area contributed by atoms with Gasteiger partial charge >= 0.3 is 0 Å². The topological polar surface area (TPSA) is 53.6 Å². The molecule has 0 spiro atoms. The summed E-state index contributed by atoms with van der Waals surface area (Å²) in [5.41, 5.74) is 0. The molecule has 0 radical (unpaired) electrons. The normalized spacial score (nSPS) is 20.5. The van der Waals surface area contributed by atoms with Crippen LogP contribution in [-0.2, 0) is 9.53 Å². The van der Waals surface area contributed by atoms with E-state index in [1.54, 1.807) is 0 Å². The maximum atomic E-state index is 11.7. The molecule has 5 heteroatoms. The first-order valence-electron chi connectivity index (χ1n) is 6.59. The Labute approximate surface area is 104 Å². The highest BCUT2D eigenvalue weighted by atomic mass is 16.5. The lowest BCUT2D eigenvalue weighted by Gasteiger charge is -2.23. The zero-order chi connectivity index (χ0) is 12.5. The van der Waals surface area contributed by atoms with Gasteiger partial charge in [-0.2, -0.15) is 0 Å². The highest BCUT2D eigenvalue weighted by Gasteiger charge is 2.20. The number of carbonyl (C=O) groups is 1. The molecule has 1 saturated heterocycles. The molecule has 1 unspecified atom stereocenters. The predicted octanol–water partition coefficient (Wildman–Crippen LogP) is -0.177. The zero-order valence-corrected chi connectivity index (χ0v) is 11.0. The van der Waals surface area contributed by atoms with Crippen molar-refractivity contribution in [1.29, 1.82) is 0 Å². The summed E-state index contributed by atoms with van der Waals surface area (Å²) in [4.78, 5) is 14.1. The molecule has 0 aromatic heterocycles. The van der Waals surface area contributed by atoms with Crippen molar-refractivity contribution in [3.05, 3.63) is 0 Å². The average Bonchev–Trinajstić information content (AvgIpc) is 2.40. The van der Waals surface area contributed by atoms with Crippen LogP contribution in [0.25, 0.3) is 0 Å². The van der Waals surface area contributed by atoms with Gasteiger partial charge in [-0.15, -0.1) is 0 Å². The third-order valence-corrected chi connectivity index (χ3v) is 3.08. The van der Waals surface area contributed by atoms with Crippen molar-refractivity contribution in [1.82, 2.24) is 15.5 Å². The number of nitrogens with one attached hydrogen (secondary N) is 2. The number of nitrogens with zero attached hydrogens (tertiary/aromatic N) is 1. The predicted molar refractivity (Wildman–Crippen MR) is 68.0 cm³/mol. The van der Waals surface area contributed by atoms with Crippen molar-refractivity contribution < 1.29 is 9.53 Å². The molecule has 0 bridgehead atoms. The standard InChI is InChI=1S/C12H25N3O2/c1-3-15(4-2)8-5-6-14-12(16)11-10-17-9-7-13-11/h11,13H,3-10H2,1-2H3,(H,14,16). The van der Waals surface area contributed by atoms with Crippen LogP contribution < -0.4 is 10.6 Å². The first-order chi connectivity index (χ1) is 8.27. The van der Waals surface area contributed by atoms with Crippen LogP contribution >= 0.6 is 0 Å². The van der Waals surface area contributed by atoms with Crippen molar-refractivity contribution in [3.8, 4) is 0 Å². The van der Waals surface area contributed by atoms with Gasteiger partial charge in [-0.25, -0.2) is 0 Å². The first-order valence-corrected chi connectivity index (χ1v) is 6.59. The molecule has 100 valence electrons. The Morgan fingerprint density at radius 2 is 2.24 bits per heavy atom. The van der Waals surface area contributed by atoms with E-state index in [2.05, 4.69) is 29.4 Å². The molecule has 17 heavy (non-hydrogen) atoms. The van der Waals surface area contributed by atoms with Gasteiger partial charge in [-0.05, 0) is 26.1 Å². The Kier molecular flexibility index (Phi) is 7.16. The van der Waals surface area contributed by atoms with E-state index in [1.165, 1.54) is 0 Å². The molecule has 0 aliphatic carbocycles. The zero-order valence-electron chi connectivity index (χ0n) is 11.0. The fourth-order valence-corrected chi connectivity index (χ4v) is 1.91. The summed E-state index contributed by atoms with van der Waals surface area (Å²) >= 11 is 0. The highest BCUT2D eigenvalue weighted by Crippen LogP contribution is 1.94. The summed E-state index contributed by atoms with van der Waals surface area (Å²) in [6.07, 6.45) is 1.00. The number of ether oxygens (including phenoxy) is 1. The maximum Gasteiger partial charge on any atom is 0.239 e. The Morgan fingerprint density at radius 3 is 2.82 bits per heavy atom. The first kappa shape index (κ1) is 14.4. The van der Waals surface area contributed by atoms with Crippen molar-refractivity contribution in [2.45, 2.75) is 26.3 Å². The second-order valence-corrected chi connectivity index (χ2v) is 4.25. The SMILES string of the molecule is CCN(CC)CCCNC(=O)C1COCCN1. The summed E-state index contributed by atoms with van der Waals surface area (Å²) in [7, 11) is 0. The Hall–Kier alpha value is -0.650. The number of rotatable bonds is 7. The Balaban J connectivity index is 2.07. The van der Waals surface area contributed by atoms with Gasteiger partial charge in [0.1, 0.15) is 6.04 Å². The summed E-state index contributed by atoms with van der Waals surface area (Å²) in [6, 6.07) is -0.169. The molecule has 5 nitrogen and oxygen atoms in total. The number of morpholine rings is 1. The second kappa shape index (κ2) is 8.44. The van der Waals surface area contributed by atoms with Crippen molar-refractivity contribution in [2.24, 2.45) is 0 Å². The third kappa shape index (κ3) is 5.48. The van der Waals surface area contributed by atoms with E-state index >= 15 is 0 Å². The van der Waals surface area contributed by atoms with Gasteiger partial charge < -0.3 is 20.3 Å². The molecule has 1 amide bonds. The number of hydrogen-bond acceptors (Lipinski definition) is 4. The average molecular weight is 243 g/mol. The molecule has 1 aliphatic heterocycles. The van der Waals surface area contributed by atoms with Gasteiger partial charge in [0.2, 0.25) is 5.91 Å². The second-order valence-electron chi connectivity index (χ2n) is 4.25. The lowest BCUT2D eigenvalue weighted by molar-refractivity contribution is -0.125. The number of amides is 1. The fraction of sp³-hybridized carbons (Fsp3) is 0.917. The quantitative estimate of drug-likeness (QED) is 0.609. The lowest BCUT2D eigenvalue weighted by Crippen LogP contribution is -2.51. The van der Waals surface area contributed by atoms with Crippen LogP contribution in [0.4, 0.5) is 0 Å². The smallest absolute Gasteiger partial charge is 0.239 e. The van der Waals surface area contributed by atoms with E-state index in [1.807, 2.05) is 0 Å². The number of carbonyl (C=O) groups excluding carboxylic acids is 1. The molecule has 0 aromatic rings. The van der Waals surface area contributed by atoms with Crippen molar-refractivity contribution >= 4 is 5.91 Å². The van der Waals surface area contributed by atoms with Crippen LogP contribution in [0.1, 0.15) is 20.3 Å². The van der Waals surface area contributed by atoms with E-state index in [4.69, 9.17) is 4.74 Å². The highest BCUT2D eigenvalue weighted by molar-refractivity contribution is 5.81. The van der Waals surface area contributed by atoms with E-state index in [9.17, 15) is 4.79 Å². The molecular formula is C12H25N3O2. The summed E-state index contributed by atoms with van der Waals surface area (Å²) in [6.45, 7) is 10.2. The molecule has 2 N–H and O–H groups in total. The minimum atomic E-state index is -0.169. The molecule has 1 heterocycles. The molecule has 0 aromatic carbocycles. The van der Waals surface area contributed by atoms with Crippen LogP contribution in [0.5, 0.6) is 0 Å². The minimum Gasteiger partial charge on any atom is -0.378 e. The van der Waals surface area contributed by atoms with Gasteiger partial charge in [0, 0.05) is 13.1 Å². The third-order valence-electron chi connectivity index (χ3n) is 3.08. The van der Waals surface area contributed by atoms with E-state index < -0.39 is 0 Å². The summed E-state index contributed by atoms with van der Waals surface area (Å²) in [5.74, 6) is 0.0595. The Morgan fingerprint density at radius 1 is 1.47 bits per heavy atom. The van der Waals surface area contributed by atoms with Gasteiger partial charge in [-0.3, -0.25) is 4.79 Å². The van der Waals surface area contributed by atoms with Crippen LogP contribution in [0, 0.1) is 0 Å². The van der Waals surface area contributed by atoms with Gasteiger partial charge in [0.15, 0.2) is 0 Å². The van der Waals surface area contributed by atoms with Crippen molar-refractivity contribution in [3.63, 3.8) is 0 Å². The number of hydrogen-bond donors (Lipinski definition) is 2. The molecule has 1 rings (SSSR count). The van der Waals surface area contributed by atoms with Crippen molar-refractivity contribution in [2.75, 3.05) is 45.9 Å². The largest absolute Gasteiger partial charge is 0.378 e. The van der Waals surface area contributed by atoms with Crippen LogP contribution in [0.3, 0.4) is 0 Å². The van der Waals surface area contributed by atoms with Gasteiger partial charge in [0.25, 0.3) is 0 Å². The summed E-state index contributed by atoms with van der Waals surface area (Å²) in [5, 5.41) is 6.09. The van der Waals surface area contributed by atoms with Crippen LogP contribution in [-0.4, -0.2) is 62.8 Å². The van der Waals surface area contributed by atoms with E-state index in [0.717, 1.165) is 39.1 Å².